The van der Waals surface area contributed by atoms with E-state index in [9.17, 15) is 0 Å². The minimum Gasteiger partial charge on any atom is -0.494 e. The van der Waals surface area contributed by atoms with E-state index in [1.807, 2.05) is 72.3 Å². The van der Waals surface area contributed by atoms with Gasteiger partial charge in [0.15, 0.2) is 17.5 Å². The summed E-state index contributed by atoms with van der Waals surface area (Å²) >= 11 is 0. The predicted octanol–water partition coefficient (Wildman–Crippen LogP) is 7.37. The first-order chi connectivity index (χ1) is 19.7. The largest absolute Gasteiger partial charge is 0.494 e. The average Bonchev–Trinajstić information content (AvgIpc) is 3.34. The number of aryl methyl sites for hydroxylation is 1. The summed E-state index contributed by atoms with van der Waals surface area (Å²) in [4.78, 5) is 12.6. The van der Waals surface area contributed by atoms with Crippen molar-refractivity contribution in [2.24, 2.45) is 9.98 Å². The third kappa shape index (κ3) is 4.03. The lowest BCUT2D eigenvalue weighted by molar-refractivity contribution is 0.340. The molecule has 40 heavy (non-hydrogen) atoms. The lowest BCUT2D eigenvalue weighted by Crippen LogP contribution is -2.46. The van der Waals surface area contributed by atoms with Crippen molar-refractivity contribution in [3.8, 4) is 11.4 Å². The Morgan fingerprint density at radius 3 is 2.25 bits per heavy atom. The molecule has 7 nitrogen and oxygen atoms in total. The van der Waals surface area contributed by atoms with Gasteiger partial charge < -0.3 is 15.0 Å². The van der Waals surface area contributed by atoms with Crippen LogP contribution in [0.4, 0.5) is 22.9 Å². The molecule has 5 aromatic rings. The van der Waals surface area contributed by atoms with Gasteiger partial charge >= 0.3 is 0 Å². The van der Waals surface area contributed by atoms with E-state index in [-0.39, 0.29) is 6.04 Å². The van der Waals surface area contributed by atoms with Crippen LogP contribution in [0.2, 0.25) is 0 Å². The van der Waals surface area contributed by atoms with Crippen molar-refractivity contribution in [3.05, 3.63) is 126 Å². The molecule has 0 fully saturated rings. The van der Waals surface area contributed by atoms with Gasteiger partial charge in [-0.15, -0.1) is 0 Å². The highest BCUT2D eigenvalue weighted by Gasteiger charge is 2.41. The van der Waals surface area contributed by atoms with Crippen LogP contribution >= 0.6 is 0 Å². The fourth-order valence-corrected chi connectivity index (χ4v) is 5.44. The standard InChI is InChI=1S/C33H28N6O/c1-3-40-26-20-18-24(19-21-26)34-31-33-36-32-29(22(2)37-39(32)25-14-8-5-9-15-25)30(23-12-6-4-7-13-23)38(33)28-17-11-10-16-27(28)35-31/h4-21,30H,3H2,1-2H3,(H,34,35). The van der Waals surface area contributed by atoms with Crippen LogP contribution in [0.25, 0.3) is 5.69 Å². The van der Waals surface area contributed by atoms with Gasteiger partial charge in [0.25, 0.3) is 0 Å². The Bertz CT molecular complexity index is 1740. The Morgan fingerprint density at radius 1 is 0.800 bits per heavy atom. The molecule has 3 heterocycles. The Morgan fingerprint density at radius 2 is 1.50 bits per heavy atom. The van der Waals surface area contributed by atoms with Crippen molar-refractivity contribution in [3.63, 3.8) is 0 Å². The highest BCUT2D eigenvalue weighted by atomic mass is 16.5. The van der Waals surface area contributed by atoms with Gasteiger partial charge in [-0.1, -0.05) is 60.7 Å². The number of nitrogens with zero attached hydrogens (tertiary/aromatic N) is 5. The Kier molecular flexibility index (Phi) is 5.89. The summed E-state index contributed by atoms with van der Waals surface area (Å²) in [5.41, 5.74) is 6.93. The van der Waals surface area contributed by atoms with Gasteiger partial charge in [0.2, 0.25) is 0 Å². The van der Waals surface area contributed by atoms with Crippen LogP contribution < -0.4 is 15.0 Å². The second kappa shape index (κ2) is 9.85. The van der Waals surface area contributed by atoms with Gasteiger partial charge in [0.1, 0.15) is 5.75 Å². The summed E-state index contributed by atoms with van der Waals surface area (Å²) in [5.74, 6) is 3.06. The summed E-state index contributed by atoms with van der Waals surface area (Å²) in [6.45, 7) is 4.67. The van der Waals surface area contributed by atoms with E-state index < -0.39 is 0 Å². The van der Waals surface area contributed by atoms with E-state index >= 15 is 0 Å². The van der Waals surface area contributed by atoms with Crippen LogP contribution in [0.3, 0.4) is 0 Å². The lowest BCUT2D eigenvalue weighted by Gasteiger charge is -2.40. The zero-order valence-corrected chi connectivity index (χ0v) is 22.3. The molecule has 7 rings (SSSR count). The first-order valence-electron chi connectivity index (χ1n) is 13.5. The quantitative estimate of drug-likeness (QED) is 0.261. The van der Waals surface area contributed by atoms with Crippen molar-refractivity contribution >= 4 is 34.6 Å². The number of ether oxygens (including phenoxy) is 1. The number of nitrogens with one attached hydrogen (secondary N) is 1. The number of rotatable bonds is 5. The number of amidine groups is 2. The number of aromatic nitrogens is 2. The zero-order valence-electron chi connectivity index (χ0n) is 22.3. The minimum absolute atomic E-state index is 0.144. The van der Waals surface area contributed by atoms with Crippen molar-refractivity contribution in [2.75, 3.05) is 16.8 Å². The lowest BCUT2D eigenvalue weighted by atomic mass is 9.93. The van der Waals surface area contributed by atoms with E-state index in [1.165, 1.54) is 0 Å². The Hall–Kier alpha value is -5.17. The number of aliphatic imine (C=N–C) groups is 2. The molecule has 0 saturated carbocycles. The molecule has 0 saturated heterocycles. The van der Waals surface area contributed by atoms with E-state index in [0.717, 1.165) is 57.0 Å². The smallest absolute Gasteiger partial charge is 0.179 e. The summed E-state index contributed by atoms with van der Waals surface area (Å²) in [5, 5.41) is 8.55. The molecule has 1 N–H and O–H groups in total. The monoisotopic (exact) mass is 524 g/mol. The van der Waals surface area contributed by atoms with Gasteiger partial charge in [-0.25, -0.2) is 14.7 Å². The van der Waals surface area contributed by atoms with Crippen LogP contribution in [-0.2, 0) is 0 Å². The molecule has 0 aliphatic carbocycles. The third-order valence-corrected chi connectivity index (χ3v) is 7.18. The number of hydrogen-bond acceptors (Lipinski definition) is 6. The highest BCUT2D eigenvalue weighted by molar-refractivity contribution is 6.51. The molecule has 0 bridgehead atoms. The van der Waals surface area contributed by atoms with Crippen molar-refractivity contribution in [2.45, 2.75) is 19.9 Å². The molecule has 0 radical (unpaired) electrons. The molecule has 2 aliphatic rings. The molecule has 1 atom stereocenters. The number of benzene rings is 4. The van der Waals surface area contributed by atoms with E-state index in [2.05, 4.69) is 65.7 Å². The summed E-state index contributed by atoms with van der Waals surface area (Å²) in [6, 6.07) is 36.7. The van der Waals surface area contributed by atoms with Gasteiger partial charge in [0, 0.05) is 11.3 Å². The van der Waals surface area contributed by atoms with E-state index in [0.29, 0.717) is 12.4 Å². The number of fused-ring (bicyclic) bond motifs is 4. The van der Waals surface area contributed by atoms with Gasteiger partial charge in [-0.2, -0.15) is 5.10 Å². The summed E-state index contributed by atoms with van der Waals surface area (Å²) in [7, 11) is 0. The second-order valence-electron chi connectivity index (χ2n) is 9.72. The molecule has 4 aromatic carbocycles. The van der Waals surface area contributed by atoms with Crippen molar-refractivity contribution in [1.82, 2.24) is 9.78 Å². The maximum atomic E-state index is 5.64. The third-order valence-electron chi connectivity index (χ3n) is 7.18. The SMILES string of the molecule is CCOc1ccc(NC2=Nc3ccccc3N3C2=Nc2c(c(C)nn2-c2ccccc2)C3c2ccccc2)cc1. The Labute approximate surface area is 233 Å². The Balaban J connectivity index is 1.44. The van der Waals surface area contributed by atoms with Crippen LogP contribution in [0.15, 0.2) is 119 Å². The predicted molar refractivity (Wildman–Crippen MR) is 161 cm³/mol. The first kappa shape index (κ1) is 23.9. The molecular formula is C33H28N6O. The molecular weight excluding hydrogens is 496 g/mol. The summed E-state index contributed by atoms with van der Waals surface area (Å²) < 4.78 is 7.59. The second-order valence-corrected chi connectivity index (χ2v) is 9.72. The number of para-hydroxylation sites is 3. The first-order valence-corrected chi connectivity index (χ1v) is 13.5. The number of hydrogen-bond donors (Lipinski definition) is 1. The minimum atomic E-state index is -0.144. The van der Waals surface area contributed by atoms with Gasteiger partial charge in [0.05, 0.1) is 35.4 Å². The van der Waals surface area contributed by atoms with Crippen LogP contribution in [0.5, 0.6) is 5.75 Å². The molecule has 196 valence electrons. The van der Waals surface area contributed by atoms with Gasteiger partial charge in [-0.3, -0.25) is 0 Å². The molecule has 1 unspecified atom stereocenters. The fraction of sp³-hybridized carbons (Fsp3) is 0.121. The van der Waals surface area contributed by atoms with Crippen molar-refractivity contribution in [1.29, 1.82) is 0 Å². The fourth-order valence-electron chi connectivity index (χ4n) is 5.44. The summed E-state index contributed by atoms with van der Waals surface area (Å²) in [6.07, 6.45) is 0. The maximum Gasteiger partial charge on any atom is 0.179 e. The van der Waals surface area contributed by atoms with E-state index in [4.69, 9.17) is 19.8 Å². The normalized spacial score (nSPS) is 15.3. The molecule has 1 aromatic heterocycles. The van der Waals surface area contributed by atoms with Crippen molar-refractivity contribution < 1.29 is 4.74 Å². The maximum absolute atomic E-state index is 5.64. The van der Waals surface area contributed by atoms with Crippen LogP contribution in [-0.4, -0.2) is 28.1 Å². The molecule has 0 amide bonds. The zero-order chi connectivity index (χ0) is 27.1. The van der Waals surface area contributed by atoms with Crippen LogP contribution in [0.1, 0.15) is 29.8 Å². The molecule has 2 aliphatic heterocycles. The van der Waals surface area contributed by atoms with Gasteiger partial charge in [-0.05, 0) is 67.9 Å². The van der Waals surface area contributed by atoms with E-state index in [1.54, 1.807) is 0 Å². The average molecular weight is 525 g/mol. The molecule has 7 heteroatoms. The van der Waals surface area contributed by atoms with Crippen LogP contribution in [0, 0.1) is 6.92 Å². The molecule has 0 spiro atoms. The highest BCUT2D eigenvalue weighted by Crippen LogP contribution is 2.48. The topological polar surface area (TPSA) is 67.0 Å². The number of anilines is 2.